The van der Waals surface area contributed by atoms with E-state index in [2.05, 4.69) is 9.69 Å². The average molecular weight is 537 g/mol. The number of benzene rings is 2. The Morgan fingerprint density at radius 1 is 1.03 bits per heavy atom. The Bertz CT molecular complexity index is 1350. The van der Waals surface area contributed by atoms with E-state index in [9.17, 15) is 14.4 Å². The van der Waals surface area contributed by atoms with Crippen molar-refractivity contribution in [3.05, 3.63) is 69.7 Å². The van der Waals surface area contributed by atoms with Crippen molar-refractivity contribution in [3.63, 3.8) is 0 Å². The Morgan fingerprint density at radius 2 is 1.63 bits per heavy atom. The van der Waals surface area contributed by atoms with Gasteiger partial charge in [-0.05, 0) is 86.6 Å². The third-order valence-corrected chi connectivity index (χ3v) is 7.57. The molecular weight excluding hydrogens is 500 g/mol. The van der Waals surface area contributed by atoms with Crippen molar-refractivity contribution < 1.29 is 14.4 Å². The van der Waals surface area contributed by atoms with Crippen molar-refractivity contribution >= 4 is 46.3 Å². The number of carbonyl (C=O) groups excluding carboxylic acids is 3. The normalized spacial score (nSPS) is 12.1. The fraction of sp³-hybridized carbons (Fsp3) is 0.357. The second kappa shape index (κ2) is 11.2. The predicted octanol–water partition coefficient (Wildman–Crippen LogP) is 4.20. The van der Waals surface area contributed by atoms with E-state index in [-0.39, 0.29) is 22.2 Å². The molecule has 1 unspecified atom stereocenters. The van der Waals surface area contributed by atoms with Crippen LogP contribution in [0.4, 0.5) is 17.1 Å². The number of aromatic nitrogens is 1. The number of nitrogens with two attached hydrogens (primary N) is 2. The topological polar surface area (TPSA) is 135 Å². The molecule has 1 heterocycles. The van der Waals surface area contributed by atoms with Gasteiger partial charge in [0.2, 0.25) is 5.91 Å². The summed E-state index contributed by atoms with van der Waals surface area (Å²) in [5.41, 5.74) is 14.9. The number of rotatable bonds is 9. The van der Waals surface area contributed by atoms with Crippen LogP contribution in [-0.4, -0.2) is 41.7 Å². The molecule has 3 aromatic rings. The molecule has 0 radical (unpaired) electrons. The summed E-state index contributed by atoms with van der Waals surface area (Å²) in [6.45, 7) is 9.75. The maximum Gasteiger partial charge on any atom is 0.273 e. The Hall–Kier alpha value is -3.92. The lowest BCUT2D eigenvalue weighted by atomic mass is 9.97. The molecule has 1 aromatic heterocycles. The lowest BCUT2D eigenvalue weighted by molar-refractivity contribution is -0.124. The zero-order chi connectivity index (χ0) is 28.4. The first-order chi connectivity index (χ1) is 17.8. The third kappa shape index (κ3) is 5.96. The van der Waals surface area contributed by atoms with E-state index in [1.54, 1.807) is 6.07 Å². The summed E-state index contributed by atoms with van der Waals surface area (Å²) in [5, 5.41) is 3.10. The van der Waals surface area contributed by atoms with Gasteiger partial charge in [-0.3, -0.25) is 19.3 Å². The summed E-state index contributed by atoms with van der Waals surface area (Å²) in [6.07, 6.45) is 0.687. The Kier molecular flexibility index (Phi) is 8.46. The molecule has 0 spiro atoms. The number of anilines is 3. The number of amides is 3. The minimum atomic E-state index is -1.04. The standard InChI is InChI=1S/C28H36N6O3S/c1-8-28(4,5)31-26(36)23(18-10-13-19(14-11-18)33(6)7)34(20-12-9-16(2)17(3)15-20)27(37)24-21(29)22(25(30)35)32-38-24/h9-15,23H,8,29H2,1-7H3,(H2,30,35)(H,31,36). The molecule has 0 aliphatic rings. The minimum Gasteiger partial charge on any atom is -0.395 e. The summed E-state index contributed by atoms with van der Waals surface area (Å²) in [5.74, 6) is -1.73. The van der Waals surface area contributed by atoms with Gasteiger partial charge >= 0.3 is 0 Å². The Morgan fingerprint density at radius 3 is 2.13 bits per heavy atom. The van der Waals surface area contributed by atoms with Gasteiger partial charge in [-0.25, -0.2) is 0 Å². The van der Waals surface area contributed by atoms with E-state index in [4.69, 9.17) is 11.5 Å². The highest BCUT2D eigenvalue weighted by Gasteiger charge is 2.37. The van der Waals surface area contributed by atoms with E-state index >= 15 is 0 Å². The van der Waals surface area contributed by atoms with Gasteiger partial charge < -0.3 is 21.7 Å². The van der Waals surface area contributed by atoms with Crippen LogP contribution in [0.15, 0.2) is 42.5 Å². The summed E-state index contributed by atoms with van der Waals surface area (Å²) >= 11 is 0.786. The number of hydrogen-bond donors (Lipinski definition) is 3. The van der Waals surface area contributed by atoms with Crippen LogP contribution in [0, 0.1) is 13.8 Å². The molecule has 0 aliphatic carbocycles. The number of primary amides is 1. The number of carbonyl (C=O) groups is 3. The number of nitrogens with zero attached hydrogens (tertiary/aromatic N) is 3. The Balaban J connectivity index is 2.27. The van der Waals surface area contributed by atoms with Crippen molar-refractivity contribution in [2.45, 2.75) is 52.6 Å². The quantitative estimate of drug-likeness (QED) is 0.375. The van der Waals surface area contributed by atoms with Crippen LogP contribution in [0.2, 0.25) is 0 Å². The molecule has 2 aromatic carbocycles. The fourth-order valence-electron chi connectivity index (χ4n) is 3.86. The van der Waals surface area contributed by atoms with Gasteiger partial charge in [-0.15, -0.1) is 0 Å². The molecule has 9 nitrogen and oxygen atoms in total. The van der Waals surface area contributed by atoms with E-state index in [1.165, 1.54) is 4.90 Å². The van der Waals surface area contributed by atoms with E-state index < -0.39 is 23.4 Å². The monoisotopic (exact) mass is 536 g/mol. The smallest absolute Gasteiger partial charge is 0.273 e. The summed E-state index contributed by atoms with van der Waals surface area (Å²) in [6, 6.07) is 12.0. The van der Waals surface area contributed by atoms with Crippen molar-refractivity contribution in [1.82, 2.24) is 9.69 Å². The van der Waals surface area contributed by atoms with Crippen molar-refractivity contribution in [2.75, 3.05) is 29.6 Å². The van der Waals surface area contributed by atoms with Gasteiger partial charge in [-0.2, -0.15) is 4.37 Å². The third-order valence-electron chi connectivity index (χ3n) is 6.72. The van der Waals surface area contributed by atoms with Crippen LogP contribution in [0.5, 0.6) is 0 Å². The molecular formula is C28H36N6O3S. The van der Waals surface area contributed by atoms with Crippen LogP contribution in [0.25, 0.3) is 0 Å². The second-order valence-electron chi connectivity index (χ2n) is 10.2. The lowest BCUT2D eigenvalue weighted by Gasteiger charge is -2.35. The lowest BCUT2D eigenvalue weighted by Crippen LogP contribution is -2.50. The summed E-state index contributed by atoms with van der Waals surface area (Å²) in [4.78, 5) is 43.4. The molecule has 0 saturated heterocycles. The van der Waals surface area contributed by atoms with Gasteiger partial charge in [0.15, 0.2) is 5.69 Å². The van der Waals surface area contributed by atoms with Crippen molar-refractivity contribution in [1.29, 1.82) is 0 Å². The van der Waals surface area contributed by atoms with E-state index in [0.717, 1.165) is 28.3 Å². The van der Waals surface area contributed by atoms with Crippen LogP contribution in [0.3, 0.4) is 0 Å². The fourth-order valence-corrected chi connectivity index (χ4v) is 4.60. The van der Waals surface area contributed by atoms with E-state index in [0.29, 0.717) is 17.7 Å². The highest BCUT2D eigenvalue weighted by atomic mass is 32.1. The largest absolute Gasteiger partial charge is 0.395 e. The first-order valence-electron chi connectivity index (χ1n) is 12.3. The highest BCUT2D eigenvalue weighted by Crippen LogP contribution is 2.35. The van der Waals surface area contributed by atoms with Crippen LogP contribution < -0.4 is 26.6 Å². The number of nitrogen functional groups attached to an aromatic ring is 1. The molecule has 0 fully saturated rings. The Labute approximate surface area is 228 Å². The first kappa shape index (κ1) is 28.6. The van der Waals surface area contributed by atoms with Gasteiger partial charge in [0, 0.05) is 31.0 Å². The zero-order valence-electron chi connectivity index (χ0n) is 23.0. The van der Waals surface area contributed by atoms with Gasteiger partial charge in [0.05, 0.1) is 5.69 Å². The molecule has 0 bridgehead atoms. The van der Waals surface area contributed by atoms with Gasteiger partial charge in [-0.1, -0.05) is 25.1 Å². The maximum absolute atomic E-state index is 14.2. The molecule has 1 atom stereocenters. The SMILES string of the molecule is CCC(C)(C)NC(=O)C(c1ccc(N(C)C)cc1)N(C(=O)c1snc(C(N)=O)c1N)c1ccc(C)c(C)c1. The average Bonchev–Trinajstić information content (AvgIpc) is 3.25. The molecule has 5 N–H and O–H groups in total. The van der Waals surface area contributed by atoms with Crippen LogP contribution in [0.1, 0.15) is 70.1 Å². The van der Waals surface area contributed by atoms with Gasteiger partial charge in [0.25, 0.3) is 11.8 Å². The second-order valence-corrected chi connectivity index (χ2v) is 11.0. The highest BCUT2D eigenvalue weighted by molar-refractivity contribution is 7.09. The zero-order valence-corrected chi connectivity index (χ0v) is 23.8. The van der Waals surface area contributed by atoms with E-state index in [1.807, 2.05) is 90.0 Å². The minimum absolute atomic E-state index is 0.0366. The van der Waals surface area contributed by atoms with Crippen molar-refractivity contribution in [3.8, 4) is 0 Å². The molecule has 38 heavy (non-hydrogen) atoms. The number of hydrogen-bond acceptors (Lipinski definition) is 7. The molecule has 0 aliphatic heterocycles. The molecule has 202 valence electrons. The van der Waals surface area contributed by atoms with Crippen LogP contribution in [-0.2, 0) is 4.79 Å². The maximum atomic E-state index is 14.2. The molecule has 3 amide bonds. The van der Waals surface area contributed by atoms with Crippen molar-refractivity contribution in [2.24, 2.45) is 5.73 Å². The molecule has 0 saturated carbocycles. The molecule has 3 rings (SSSR count). The predicted molar refractivity (Wildman–Crippen MR) is 154 cm³/mol. The number of aryl methyl sites for hydroxylation is 2. The first-order valence-corrected chi connectivity index (χ1v) is 13.1. The number of nitrogens with one attached hydrogen (secondary N) is 1. The summed E-state index contributed by atoms with van der Waals surface area (Å²) in [7, 11) is 3.85. The molecule has 10 heteroatoms. The van der Waals surface area contributed by atoms with Crippen LogP contribution >= 0.6 is 11.5 Å². The summed E-state index contributed by atoms with van der Waals surface area (Å²) < 4.78 is 4.01. The van der Waals surface area contributed by atoms with Gasteiger partial charge in [0.1, 0.15) is 10.9 Å².